The first kappa shape index (κ1) is 20.4. The Hall–Kier alpha value is -2.93. The van der Waals surface area contributed by atoms with Gasteiger partial charge in [0, 0.05) is 17.8 Å². The number of hydrogen-bond donors (Lipinski definition) is 2. The molecule has 2 N–H and O–H groups in total. The number of amides is 1. The molecule has 0 aliphatic heterocycles. The fraction of sp³-hybridized carbons (Fsp3) is 0.350. The molecule has 0 aliphatic rings. The molecule has 2 rings (SSSR count). The largest absolute Gasteiger partial charge is 0.497 e. The highest BCUT2D eigenvalue weighted by atomic mass is 16.5. The van der Waals surface area contributed by atoms with E-state index in [4.69, 9.17) is 18.9 Å². The van der Waals surface area contributed by atoms with Gasteiger partial charge in [-0.25, -0.2) is 0 Å². The summed E-state index contributed by atoms with van der Waals surface area (Å²) in [6.07, 6.45) is 0.821. The van der Waals surface area contributed by atoms with E-state index in [0.29, 0.717) is 29.5 Å². The van der Waals surface area contributed by atoms with Crippen molar-refractivity contribution in [3.8, 4) is 23.0 Å². The third kappa shape index (κ3) is 5.79. The summed E-state index contributed by atoms with van der Waals surface area (Å²) in [5.74, 6) is 2.13. The Bertz CT molecular complexity index is 722. The number of ether oxygens (including phenoxy) is 4. The normalized spacial score (nSPS) is 10.2. The van der Waals surface area contributed by atoms with E-state index < -0.39 is 0 Å². The lowest BCUT2D eigenvalue weighted by Gasteiger charge is -2.14. The van der Waals surface area contributed by atoms with Crippen molar-refractivity contribution in [2.24, 2.45) is 0 Å². The topological polar surface area (TPSA) is 78.1 Å². The van der Waals surface area contributed by atoms with Crippen molar-refractivity contribution in [1.29, 1.82) is 0 Å². The summed E-state index contributed by atoms with van der Waals surface area (Å²) in [5.41, 5.74) is 1.75. The van der Waals surface area contributed by atoms with Gasteiger partial charge < -0.3 is 29.6 Å². The third-order valence-corrected chi connectivity index (χ3v) is 3.98. The van der Waals surface area contributed by atoms with Gasteiger partial charge in [-0.05, 0) is 30.7 Å². The van der Waals surface area contributed by atoms with E-state index in [1.165, 1.54) is 26.9 Å². The predicted molar refractivity (Wildman–Crippen MR) is 104 cm³/mol. The Kier molecular flexibility index (Phi) is 7.76. The Labute approximate surface area is 159 Å². The summed E-state index contributed by atoms with van der Waals surface area (Å²) in [6.45, 7) is 0.891. The highest BCUT2D eigenvalue weighted by molar-refractivity contribution is 5.93. The number of carbonyl (C=O) groups excluding carboxylic acids is 1. The first-order valence-electron chi connectivity index (χ1n) is 8.54. The molecule has 0 spiro atoms. The fourth-order valence-electron chi connectivity index (χ4n) is 2.59. The SMILES string of the molecule is COc1ccc(CCNCC(=O)Nc2cc(OC)c(OC)c(OC)c2)cc1. The zero-order chi connectivity index (χ0) is 19.6. The maximum atomic E-state index is 12.2. The average molecular weight is 374 g/mol. The summed E-state index contributed by atoms with van der Waals surface area (Å²) < 4.78 is 21.0. The summed E-state index contributed by atoms with van der Waals surface area (Å²) in [5, 5.41) is 5.95. The maximum Gasteiger partial charge on any atom is 0.238 e. The second-order valence-corrected chi connectivity index (χ2v) is 5.74. The lowest BCUT2D eigenvalue weighted by atomic mass is 10.1. The first-order chi connectivity index (χ1) is 13.1. The quantitative estimate of drug-likeness (QED) is 0.622. The average Bonchev–Trinajstić information content (AvgIpc) is 2.70. The molecule has 0 atom stereocenters. The summed E-state index contributed by atoms with van der Waals surface area (Å²) in [4.78, 5) is 12.2. The molecule has 0 heterocycles. The second kappa shape index (κ2) is 10.3. The molecule has 0 fully saturated rings. The van der Waals surface area contributed by atoms with Crippen molar-refractivity contribution < 1.29 is 23.7 Å². The molecular formula is C20H26N2O5. The highest BCUT2D eigenvalue weighted by Gasteiger charge is 2.14. The number of benzene rings is 2. The monoisotopic (exact) mass is 374 g/mol. The zero-order valence-corrected chi connectivity index (χ0v) is 16.1. The van der Waals surface area contributed by atoms with Gasteiger partial charge >= 0.3 is 0 Å². The van der Waals surface area contributed by atoms with E-state index in [1.807, 2.05) is 24.3 Å². The van der Waals surface area contributed by atoms with E-state index >= 15 is 0 Å². The van der Waals surface area contributed by atoms with Gasteiger partial charge in [0.25, 0.3) is 0 Å². The van der Waals surface area contributed by atoms with Crippen molar-refractivity contribution in [2.75, 3.05) is 46.8 Å². The molecule has 2 aromatic carbocycles. The van der Waals surface area contributed by atoms with E-state index in [-0.39, 0.29) is 12.5 Å². The molecule has 0 saturated carbocycles. The van der Waals surface area contributed by atoms with Gasteiger partial charge in [0.1, 0.15) is 5.75 Å². The van der Waals surface area contributed by atoms with Crippen LogP contribution in [0.1, 0.15) is 5.56 Å². The molecule has 146 valence electrons. The Balaban J connectivity index is 1.84. The van der Waals surface area contributed by atoms with Crippen LogP contribution in [0.5, 0.6) is 23.0 Å². The number of carbonyl (C=O) groups is 1. The lowest BCUT2D eigenvalue weighted by molar-refractivity contribution is -0.115. The van der Waals surface area contributed by atoms with Crippen molar-refractivity contribution >= 4 is 11.6 Å². The van der Waals surface area contributed by atoms with Crippen LogP contribution in [0.2, 0.25) is 0 Å². The van der Waals surface area contributed by atoms with E-state index in [2.05, 4.69) is 10.6 Å². The Morgan fingerprint density at radius 3 is 2.04 bits per heavy atom. The molecule has 7 heteroatoms. The Morgan fingerprint density at radius 1 is 0.889 bits per heavy atom. The number of anilines is 1. The molecule has 0 saturated heterocycles. The molecule has 0 unspecified atom stereocenters. The van der Waals surface area contributed by atoms with Crippen LogP contribution in [-0.2, 0) is 11.2 Å². The van der Waals surface area contributed by atoms with Gasteiger partial charge in [0.15, 0.2) is 11.5 Å². The smallest absolute Gasteiger partial charge is 0.238 e. The van der Waals surface area contributed by atoms with Crippen LogP contribution in [0.4, 0.5) is 5.69 Å². The molecule has 0 radical (unpaired) electrons. The van der Waals surface area contributed by atoms with Gasteiger partial charge in [-0.1, -0.05) is 12.1 Å². The molecule has 1 amide bonds. The molecule has 27 heavy (non-hydrogen) atoms. The molecular weight excluding hydrogens is 348 g/mol. The van der Waals surface area contributed by atoms with Gasteiger partial charge in [-0.2, -0.15) is 0 Å². The minimum absolute atomic E-state index is 0.154. The van der Waals surface area contributed by atoms with Crippen LogP contribution in [0.25, 0.3) is 0 Å². The lowest BCUT2D eigenvalue weighted by Crippen LogP contribution is -2.29. The van der Waals surface area contributed by atoms with Crippen molar-refractivity contribution in [2.45, 2.75) is 6.42 Å². The van der Waals surface area contributed by atoms with Crippen LogP contribution >= 0.6 is 0 Å². The van der Waals surface area contributed by atoms with E-state index in [1.54, 1.807) is 19.2 Å². The van der Waals surface area contributed by atoms with Crippen molar-refractivity contribution in [3.63, 3.8) is 0 Å². The molecule has 0 aromatic heterocycles. The van der Waals surface area contributed by atoms with E-state index in [0.717, 1.165) is 12.2 Å². The van der Waals surface area contributed by atoms with Gasteiger partial charge in [-0.15, -0.1) is 0 Å². The number of methoxy groups -OCH3 is 4. The highest BCUT2D eigenvalue weighted by Crippen LogP contribution is 2.39. The summed E-state index contributed by atoms with van der Waals surface area (Å²) >= 11 is 0. The van der Waals surface area contributed by atoms with Crippen molar-refractivity contribution in [1.82, 2.24) is 5.32 Å². The Morgan fingerprint density at radius 2 is 1.52 bits per heavy atom. The van der Waals surface area contributed by atoms with Crippen LogP contribution in [0, 0.1) is 0 Å². The van der Waals surface area contributed by atoms with Gasteiger partial charge in [-0.3, -0.25) is 4.79 Å². The summed E-state index contributed by atoms with van der Waals surface area (Å²) in [7, 11) is 6.24. The molecule has 7 nitrogen and oxygen atoms in total. The van der Waals surface area contributed by atoms with Crippen molar-refractivity contribution in [3.05, 3.63) is 42.0 Å². The second-order valence-electron chi connectivity index (χ2n) is 5.74. The van der Waals surface area contributed by atoms with Gasteiger partial charge in [0.2, 0.25) is 11.7 Å². The zero-order valence-electron chi connectivity index (χ0n) is 16.1. The summed E-state index contributed by atoms with van der Waals surface area (Å²) in [6, 6.07) is 11.2. The van der Waals surface area contributed by atoms with E-state index in [9.17, 15) is 4.79 Å². The third-order valence-electron chi connectivity index (χ3n) is 3.98. The van der Waals surface area contributed by atoms with Gasteiger partial charge in [0.05, 0.1) is 35.0 Å². The minimum atomic E-state index is -0.154. The number of rotatable bonds is 10. The van der Waals surface area contributed by atoms with Crippen LogP contribution in [0.3, 0.4) is 0 Å². The first-order valence-corrected chi connectivity index (χ1v) is 8.54. The predicted octanol–water partition coefficient (Wildman–Crippen LogP) is 2.49. The number of hydrogen-bond acceptors (Lipinski definition) is 6. The van der Waals surface area contributed by atoms with Crippen LogP contribution in [0.15, 0.2) is 36.4 Å². The number of nitrogens with one attached hydrogen (secondary N) is 2. The van der Waals surface area contributed by atoms with Crippen LogP contribution in [-0.4, -0.2) is 47.4 Å². The molecule has 0 bridgehead atoms. The minimum Gasteiger partial charge on any atom is -0.497 e. The standard InChI is InChI=1S/C20H26N2O5/c1-24-16-7-5-14(6-8-16)9-10-21-13-19(23)22-15-11-17(25-2)20(27-4)18(12-15)26-3/h5-8,11-12,21H,9-10,13H2,1-4H3,(H,22,23). The van der Waals surface area contributed by atoms with Crippen LogP contribution < -0.4 is 29.6 Å². The molecule has 0 aliphatic carbocycles. The fourth-order valence-corrected chi connectivity index (χ4v) is 2.59. The molecule has 2 aromatic rings. The maximum absolute atomic E-state index is 12.2.